The molecule has 302 valence electrons. The molecule has 0 unspecified atom stereocenters. The van der Waals surface area contributed by atoms with E-state index in [2.05, 4.69) is 135 Å². The zero-order chi connectivity index (χ0) is 39.8. The SMILES string of the molecule is CN(CCCCC(=O)NC1CCC(NCCO[C@H]2O[C@H](CO)[C@@H](O)[C@H](O)[C@H]2O)CC1)c1ccccc1C(C)(C)/C=C\C=C\C1=[N+](C)c2ccccc2C1(C)C. The van der Waals surface area contributed by atoms with E-state index in [-0.39, 0.29) is 29.4 Å². The molecule has 0 spiro atoms. The molecule has 11 heteroatoms. The summed E-state index contributed by atoms with van der Waals surface area (Å²) in [5, 5.41) is 46.0. The molecule has 1 aliphatic carbocycles. The summed E-state index contributed by atoms with van der Waals surface area (Å²) in [4.78, 5) is 15.1. The molecule has 0 aromatic heterocycles. The minimum atomic E-state index is -1.45. The van der Waals surface area contributed by atoms with Gasteiger partial charge in [0.15, 0.2) is 12.0 Å². The number of nitrogens with zero attached hydrogens (tertiary/aromatic N) is 2. The molecule has 2 heterocycles. The van der Waals surface area contributed by atoms with Crippen molar-refractivity contribution in [1.82, 2.24) is 10.6 Å². The summed E-state index contributed by atoms with van der Waals surface area (Å²) in [5.74, 6) is 0.112. The number of nitrogens with one attached hydrogen (secondary N) is 2. The highest BCUT2D eigenvalue weighted by Gasteiger charge is 2.44. The number of hydrogen-bond donors (Lipinski definition) is 6. The van der Waals surface area contributed by atoms with E-state index in [0.717, 1.165) is 45.1 Å². The van der Waals surface area contributed by atoms with Crippen LogP contribution in [0.3, 0.4) is 0 Å². The number of aliphatic hydroxyl groups is 4. The summed E-state index contributed by atoms with van der Waals surface area (Å²) in [6.45, 7) is 10.2. The van der Waals surface area contributed by atoms with E-state index < -0.39 is 37.3 Å². The molecular formula is C44H65N4O7+. The normalized spacial score (nSPS) is 26.8. The highest BCUT2D eigenvalue weighted by Crippen LogP contribution is 2.39. The Kier molecular flexibility index (Phi) is 14.9. The first-order chi connectivity index (χ1) is 26.2. The average Bonchev–Trinajstić information content (AvgIpc) is 3.37. The molecule has 0 bridgehead atoms. The largest absolute Gasteiger partial charge is 0.394 e. The van der Waals surface area contributed by atoms with Crippen molar-refractivity contribution in [2.24, 2.45) is 0 Å². The number of para-hydroxylation sites is 2. The number of carbonyl (C=O) groups is 1. The Morgan fingerprint density at radius 2 is 1.67 bits per heavy atom. The van der Waals surface area contributed by atoms with E-state index in [1.807, 2.05) is 0 Å². The summed E-state index contributed by atoms with van der Waals surface area (Å²) in [5.41, 5.74) is 6.14. The Hall–Kier alpha value is -3.42. The number of benzene rings is 2. The first-order valence-corrected chi connectivity index (χ1v) is 20.1. The Bertz CT molecular complexity index is 1660. The standard InChI is InChI=1S/C44H64N4O7/c1-43(2,25-13-11-19-37-44(3,4)33-16-8-10-18-35(33)48(37)6)32-15-7-9-17-34(32)47(5)27-14-12-20-38(50)46-31-23-21-30(22-24-31)45-26-28-54-42-41(53)40(52)39(51)36(29-49)55-42/h7-11,13,15-19,25,30-31,36,39-42,45,49,51-53H,12,14,20-24,26-29H2,1-6H3/p+1/b19-11+,25-13-/t30?,31?,36-,39-,40+,41-,42+/m1/s1. The Morgan fingerprint density at radius 3 is 2.40 bits per heavy atom. The topological polar surface area (TPSA) is 147 Å². The fraction of sp³-hybridized carbons (Fsp3) is 0.591. The minimum Gasteiger partial charge on any atom is -0.394 e. The number of carbonyl (C=O) groups excluding carboxylic acids is 1. The Morgan fingerprint density at radius 1 is 0.982 bits per heavy atom. The van der Waals surface area contributed by atoms with Crippen LogP contribution in [0.15, 0.2) is 72.8 Å². The van der Waals surface area contributed by atoms with Gasteiger partial charge in [-0.25, -0.2) is 0 Å². The molecule has 3 aliphatic rings. The zero-order valence-electron chi connectivity index (χ0n) is 33.7. The van der Waals surface area contributed by atoms with Crippen molar-refractivity contribution < 1.29 is 39.3 Å². The first kappa shape index (κ1) is 42.7. The van der Waals surface area contributed by atoms with Crippen LogP contribution in [-0.4, -0.2) is 120 Å². The Balaban J connectivity index is 0.995. The summed E-state index contributed by atoms with van der Waals surface area (Å²) in [7, 11) is 4.28. The van der Waals surface area contributed by atoms with E-state index in [0.29, 0.717) is 19.0 Å². The van der Waals surface area contributed by atoms with E-state index in [1.165, 1.54) is 28.2 Å². The maximum absolute atomic E-state index is 12.8. The van der Waals surface area contributed by atoms with Crippen LogP contribution in [0.25, 0.3) is 0 Å². The molecule has 5 atom stereocenters. The van der Waals surface area contributed by atoms with Crippen LogP contribution in [0.1, 0.15) is 83.8 Å². The summed E-state index contributed by atoms with van der Waals surface area (Å²) < 4.78 is 13.3. The van der Waals surface area contributed by atoms with Gasteiger partial charge in [0.2, 0.25) is 11.6 Å². The average molecular weight is 762 g/mol. The second-order valence-corrected chi connectivity index (χ2v) is 16.6. The maximum Gasteiger partial charge on any atom is 0.220 e. The van der Waals surface area contributed by atoms with Gasteiger partial charge in [-0.1, -0.05) is 68.5 Å². The number of aliphatic hydroxyl groups excluding tert-OH is 4. The van der Waals surface area contributed by atoms with Crippen LogP contribution in [0.4, 0.5) is 11.4 Å². The molecule has 55 heavy (non-hydrogen) atoms. The van der Waals surface area contributed by atoms with Crippen molar-refractivity contribution in [1.29, 1.82) is 0 Å². The van der Waals surface area contributed by atoms with E-state index in [4.69, 9.17) is 9.47 Å². The highest BCUT2D eigenvalue weighted by molar-refractivity contribution is 6.03. The van der Waals surface area contributed by atoms with Crippen molar-refractivity contribution in [2.45, 2.75) is 126 Å². The first-order valence-electron chi connectivity index (χ1n) is 20.1. The van der Waals surface area contributed by atoms with Gasteiger partial charge in [0, 0.05) is 67.4 Å². The second kappa shape index (κ2) is 19.1. The van der Waals surface area contributed by atoms with Crippen molar-refractivity contribution in [2.75, 3.05) is 45.3 Å². The third kappa shape index (κ3) is 10.5. The molecule has 1 saturated heterocycles. The van der Waals surface area contributed by atoms with Gasteiger partial charge in [-0.05, 0) is 64.0 Å². The summed E-state index contributed by atoms with van der Waals surface area (Å²) in [6, 6.07) is 17.7. The van der Waals surface area contributed by atoms with Crippen molar-refractivity contribution >= 4 is 23.0 Å². The lowest BCUT2D eigenvalue weighted by atomic mass is 9.81. The monoisotopic (exact) mass is 761 g/mol. The predicted molar refractivity (Wildman–Crippen MR) is 217 cm³/mol. The number of unbranched alkanes of at least 4 members (excludes halogenated alkanes) is 1. The lowest BCUT2D eigenvalue weighted by Gasteiger charge is -2.39. The molecular weight excluding hydrogens is 697 g/mol. The smallest absolute Gasteiger partial charge is 0.220 e. The summed E-state index contributed by atoms with van der Waals surface area (Å²) in [6.07, 6.45) is 8.42. The summed E-state index contributed by atoms with van der Waals surface area (Å²) >= 11 is 0. The number of anilines is 1. The predicted octanol–water partition coefficient (Wildman–Crippen LogP) is 4.22. The number of hydrogen-bond acceptors (Lipinski definition) is 9. The molecule has 0 radical (unpaired) electrons. The van der Waals surface area contributed by atoms with Crippen LogP contribution in [-0.2, 0) is 25.1 Å². The number of rotatable bonds is 17. The lowest BCUT2D eigenvalue weighted by Crippen LogP contribution is -2.59. The van der Waals surface area contributed by atoms with Gasteiger partial charge < -0.3 is 45.4 Å². The van der Waals surface area contributed by atoms with Crippen molar-refractivity contribution in [3.05, 3.63) is 84.0 Å². The maximum atomic E-state index is 12.8. The van der Waals surface area contributed by atoms with E-state index >= 15 is 0 Å². The van der Waals surface area contributed by atoms with Crippen LogP contribution < -0.4 is 15.5 Å². The molecule has 6 N–H and O–H groups in total. The molecule has 2 aliphatic heterocycles. The molecule has 1 saturated carbocycles. The highest BCUT2D eigenvalue weighted by atomic mass is 16.7. The van der Waals surface area contributed by atoms with Gasteiger partial charge in [0.05, 0.1) is 18.6 Å². The van der Waals surface area contributed by atoms with Gasteiger partial charge in [0.1, 0.15) is 31.5 Å². The number of amides is 1. The number of fused-ring (bicyclic) bond motifs is 1. The zero-order valence-corrected chi connectivity index (χ0v) is 33.7. The third-order valence-electron chi connectivity index (χ3n) is 11.7. The molecule has 2 aromatic rings. The van der Waals surface area contributed by atoms with E-state index in [1.54, 1.807) is 0 Å². The third-order valence-corrected chi connectivity index (χ3v) is 11.7. The Labute approximate surface area is 327 Å². The molecule has 2 fully saturated rings. The quantitative estimate of drug-likeness (QED) is 0.0793. The van der Waals surface area contributed by atoms with Gasteiger partial charge in [-0.3, -0.25) is 4.79 Å². The number of allylic oxidation sites excluding steroid dienone is 4. The molecule has 2 aromatic carbocycles. The van der Waals surface area contributed by atoms with Gasteiger partial charge >= 0.3 is 0 Å². The van der Waals surface area contributed by atoms with E-state index in [9.17, 15) is 25.2 Å². The molecule has 5 rings (SSSR count). The lowest BCUT2D eigenvalue weighted by molar-refractivity contribution is -0.401. The molecule has 1 amide bonds. The van der Waals surface area contributed by atoms with Gasteiger partial charge in [0.25, 0.3) is 0 Å². The van der Waals surface area contributed by atoms with Gasteiger partial charge in [-0.15, -0.1) is 0 Å². The van der Waals surface area contributed by atoms with Crippen LogP contribution in [0.5, 0.6) is 0 Å². The molecule has 11 nitrogen and oxygen atoms in total. The second-order valence-electron chi connectivity index (χ2n) is 16.6. The fourth-order valence-electron chi connectivity index (χ4n) is 8.33. The number of ether oxygens (including phenoxy) is 2. The fourth-order valence-corrected chi connectivity index (χ4v) is 8.33. The van der Waals surface area contributed by atoms with Crippen LogP contribution >= 0.6 is 0 Å². The van der Waals surface area contributed by atoms with Crippen molar-refractivity contribution in [3.8, 4) is 0 Å². The van der Waals surface area contributed by atoms with Crippen LogP contribution in [0, 0.1) is 0 Å². The van der Waals surface area contributed by atoms with Gasteiger partial charge in [-0.2, -0.15) is 4.58 Å². The van der Waals surface area contributed by atoms with Crippen LogP contribution in [0.2, 0.25) is 0 Å². The van der Waals surface area contributed by atoms with Crippen molar-refractivity contribution in [3.63, 3.8) is 0 Å². The minimum absolute atomic E-state index is 0.0522.